The van der Waals surface area contributed by atoms with Crippen molar-refractivity contribution < 1.29 is 43.8 Å². The molecule has 14 nitrogen and oxygen atoms in total. The summed E-state index contributed by atoms with van der Waals surface area (Å²) in [5, 5.41) is 25.7. The number of carbonyl (C=O) groups excluding carboxylic acids is 7. The van der Waals surface area contributed by atoms with Crippen molar-refractivity contribution in [3.8, 4) is 33.8 Å². The smallest absolute Gasteiger partial charge is 0.239 e. The zero-order valence-corrected chi connectivity index (χ0v) is 38.1. The number of fused-ring (bicyclic) bond motifs is 5. The summed E-state index contributed by atoms with van der Waals surface area (Å²) in [6.45, 7) is 4.90. The van der Waals surface area contributed by atoms with Crippen molar-refractivity contribution >= 4 is 52.6 Å². The predicted molar refractivity (Wildman–Crippen MR) is 248 cm³/mol. The second-order valence-corrected chi connectivity index (χ2v) is 17.5. The number of hydrogen-bond acceptors (Lipinski definition) is 10. The number of rotatable bonds is 16. The number of primary amides is 1. The number of ketones is 3. The Labute approximate surface area is 384 Å². The van der Waals surface area contributed by atoms with E-state index >= 15 is 0 Å². The Kier molecular flexibility index (Phi) is 16.8. The number of halogens is 1. The number of nitrogens with one attached hydrogen (secondary N) is 1. The van der Waals surface area contributed by atoms with Crippen molar-refractivity contribution in [2.45, 2.75) is 83.8 Å². The van der Waals surface area contributed by atoms with E-state index in [1.807, 2.05) is 24.3 Å². The van der Waals surface area contributed by atoms with E-state index in [1.54, 1.807) is 36.4 Å². The van der Waals surface area contributed by atoms with E-state index in [2.05, 4.69) is 5.32 Å². The Morgan fingerprint density at radius 2 is 1.40 bits per heavy atom. The van der Waals surface area contributed by atoms with Gasteiger partial charge in [0.15, 0.2) is 17.3 Å². The molecule has 4 bridgehead atoms. The van der Waals surface area contributed by atoms with Crippen molar-refractivity contribution in [2.75, 3.05) is 20.6 Å². The molecule has 0 saturated carbocycles. The summed E-state index contributed by atoms with van der Waals surface area (Å²) in [5.74, 6) is -6.86. The highest BCUT2D eigenvalue weighted by Crippen LogP contribution is 2.40. The van der Waals surface area contributed by atoms with Gasteiger partial charge in [0.05, 0.1) is 6.04 Å². The second kappa shape index (κ2) is 22.0. The molecule has 4 amide bonds. The Hall–Kier alpha value is -6.38. The predicted octanol–water partition coefficient (Wildman–Crippen LogP) is 6.17. The second-order valence-electron chi connectivity index (χ2n) is 17.1. The highest BCUT2D eigenvalue weighted by Gasteiger charge is 2.37. The van der Waals surface area contributed by atoms with Crippen LogP contribution < -0.4 is 16.8 Å². The average molecular weight is 908 g/mol. The van der Waals surface area contributed by atoms with Crippen LogP contribution in [-0.4, -0.2) is 93.7 Å². The number of unbranched alkanes of at least 4 members (excludes halogenated alkanes) is 1. The molecule has 6 atom stereocenters. The van der Waals surface area contributed by atoms with Crippen LogP contribution in [0.5, 0.6) is 11.5 Å². The minimum atomic E-state index is -1.31. The van der Waals surface area contributed by atoms with E-state index in [0.717, 1.165) is 16.0 Å². The Balaban J connectivity index is 1.48. The first kappa shape index (κ1) is 49.6. The lowest BCUT2D eigenvalue weighted by atomic mass is 9.87. The summed E-state index contributed by atoms with van der Waals surface area (Å²) in [6, 6.07) is 19.8. The largest absolute Gasteiger partial charge is 0.507 e. The fourth-order valence-corrected chi connectivity index (χ4v) is 8.27. The fraction of sp³-hybridized carbons (Fsp3) is 0.380. The van der Waals surface area contributed by atoms with Crippen molar-refractivity contribution in [2.24, 2.45) is 29.2 Å². The molecule has 4 aromatic rings. The number of hydrogen-bond donors (Lipinski definition) is 5. The zero-order chi connectivity index (χ0) is 47.7. The third-order valence-electron chi connectivity index (χ3n) is 12.3. The highest BCUT2D eigenvalue weighted by molar-refractivity contribution is 6.30. The molecule has 0 aliphatic carbocycles. The number of aromatic hydroxyl groups is 2. The average Bonchev–Trinajstić information content (AvgIpc) is 3.28. The van der Waals surface area contributed by atoms with Gasteiger partial charge in [0.1, 0.15) is 23.6 Å². The maximum absolute atomic E-state index is 14.7. The first-order valence-electron chi connectivity index (χ1n) is 21.7. The molecule has 0 fully saturated rings. The molecule has 65 heavy (non-hydrogen) atoms. The molecule has 0 unspecified atom stereocenters. The van der Waals surface area contributed by atoms with E-state index in [4.69, 9.17) is 23.1 Å². The normalized spacial score (nSPS) is 17.7. The van der Waals surface area contributed by atoms with Crippen molar-refractivity contribution in [3.63, 3.8) is 0 Å². The summed E-state index contributed by atoms with van der Waals surface area (Å²) in [6.07, 6.45) is 0.535. The minimum absolute atomic E-state index is 0.0654. The Bertz CT molecular complexity index is 2420. The summed E-state index contributed by atoms with van der Waals surface area (Å²) >= 11 is 6.06. The number of carbonyl (C=O) groups is 7. The first-order chi connectivity index (χ1) is 30.8. The van der Waals surface area contributed by atoms with Gasteiger partial charge in [-0.2, -0.15) is 0 Å². The van der Waals surface area contributed by atoms with Gasteiger partial charge in [0.25, 0.3) is 0 Å². The summed E-state index contributed by atoms with van der Waals surface area (Å²) < 4.78 is 0. The van der Waals surface area contributed by atoms with Crippen LogP contribution in [0.1, 0.15) is 86.8 Å². The quantitative estimate of drug-likeness (QED) is 0.0635. The van der Waals surface area contributed by atoms with Crippen LogP contribution in [0, 0.1) is 17.8 Å². The van der Waals surface area contributed by atoms with E-state index in [-0.39, 0.29) is 54.1 Å². The fourth-order valence-electron chi connectivity index (χ4n) is 8.15. The number of Topliss-reactive ketones (excluding diaryl/α,β-unsaturated/α-hetero) is 3. The van der Waals surface area contributed by atoms with E-state index in [9.17, 15) is 43.8 Å². The van der Waals surface area contributed by atoms with Gasteiger partial charge in [-0.25, -0.2) is 0 Å². The number of nitrogens with zero attached hydrogens (tertiary/aromatic N) is 2. The zero-order valence-electron chi connectivity index (χ0n) is 37.4. The Morgan fingerprint density at radius 3 is 2.02 bits per heavy atom. The van der Waals surface area contributed by atoms with Crippen LogP contribution in [0.25, 0.3) is 22.3 Å². The van der Waals surface area contributed by atoms with Crippen LogP contribution in [0.15, 0.2) is 84.9 Å². The molecule has 0 radical (unpaired) electrons. The van der Waals surface area contributed by atoms with Crippen molar-refractivity contribution in [3.05, 3.63) is 107 Å². The van der Waals surface area contributed by atoms with E-state index in [1.165, 1.54) is 64.0 Å². The van der Waals surface area contributed by atoms with Gasteiger partial charge < -0.3 is 36.8 Å². The van der Waals surface area contributed by atoms with Gasteiger partial charge in [-0.1, -0.05) is 80.4 Å². The summed E-state index contributed by atoms with van der Waals surface area (Å²) in [5.41, 5.74) is 14.5. The van der Waals surface area contributed by atoms with Gasteiger partial charge in [0, 0.05) is 72.8 Å². The number of likely N-dealkylation sites (N-methyl/N-ethyl adjacent to an activating group) is 2. The van der Waals surface area contributed by atoms with Crippen molar-refractivity contribution in [1.29, 1.82) is 0 Å². The van der Waals surface area contributed by atoms with Crippen LogP contribution >= 0.6 is 11.6 Å². The maximum Gasteiger partial charge on any atom is 0.239 e. The van der Waals surface area contributed by atoms with Gasteiger partial charge in [0.2, 0.25) is 23.6 Å². The summed E-state index contributed by atoms with van der Waals surface area (Å²) in [4.78, 5) is 98.4. The van der Waals surface area contributed by atoms with Crippen LogP contribution in [0.2, 0.25) is 5.02 Å². The topological polar surface area (TPSA) is 230 Å². The molecule has 0 saturated heterocycles. The molecule has 5 rings (SSSR count). The highest BCUT2D eigenvalue weighted by atomic mass is 35.5. The molecule has 344 valence electrons. The van der Waals surface area contributed by atoms with Gasteiger partial charge >= 0.3 is 0 Å². The first-order valence-corrected chi connectivity index (χ1v) is 22.1. The number of phenolic OH excluding ortho intramolecular Hbond substituents is 2. The van der Waals surface area contributed by atoms with Gasteiger partial charge in [-0.3, -0.25) is 33.6 Å². The molecule has 1 heterocycles. The molecule has 7 N–H and O–H groups in total. The number of benzene rings is 4. The van der Waals surface area contributed by atoms with Crippen LogP contribution in [-0.2, 0) is 35.2 Å². The van der Waals surface area contributed by atoms with E-state index < -0.39 is 71.1 Å². The minimum Gasteiger partial charge on any atom is -0.507 e. The standard InChI is InChI=1S/C50H58ClN5O9/c1-28-22-45(61)46(56(5)50(65)36(8-6-7-21-52)27-43(59)34-12-10-32(11-13-34)33-14-17-37(51)18-15-33)35-16-20-42(58)39(26-35)38-24-31(9-19-41(38)57)25-40(54-48(28)63)44(60)23-29(2)49(64)55(4)30(3)47(53)62/h9-20,24,26,28-30,36,40,46,57-58H,6-8,21-23,25,27,52H2,1-5H3,(H2,53,62)(H,54,63)/t28-,29-,30-,36-,40+,46+/m1/s1. The molecule has 15 heteroatoms. The SMILES string of the molecule is C[C@@H]1CC(=O)[C@@H](N(C)C(=O)[C@H](CCCCN)CC(=O)c2ccc(-c3ccc(Cl)cc3)cc2)c2ccc(O)c(c2)-c2cc(ccc2O)C[C@@H](C(=O)C[C@@H](C)C(=O)N(C)[C@H](C)C(N)=O)NC1=O. The lowest BCUT2D eigenvalue weighted by molar-refractivity contribution is -0.142. The molecule has 0 aromatic heterocycles. The van der Waals surface area contributed by atoms with Crippen LogP contribution in [0.4, 0.5) is 0 Å². The monoisotopic (exact) mass is 907 g/mol. The van der Waals surface area contributed by atoms with Gasteiger partial charge in [-0.15, -0.1) is 0 Å². The Morgan fingerprint density at radius 1 is 0.800 bits per heavy atom. The summed E-state index contributed by atoms with van der Waals surface area (Å²) in [7, 11) is 2.87. The molecule has 4 aromatic carbocycles. The van der Waals surface area contributed by atoms with Crippen LogP contribution in [0.3, 0.4) is 0 Å². The molecule has 1 aliphatic heterocycles. The third-order valence-corrected chi connectivity index (χ3v) is 12.5. The number of nitrogens with two attached hydrogens (primary N) is 2. The lowest BCUT2D eigenvalue weighted by Crippen LogP contribution is -2.48. The number of amides is 4. The van der Waals surface area contributed by atoms with E-state index in [0.29, 0.717) is 47.5 Å². The number of phenols is 2. The molecule has 0 spiro atoms. The molecule has 1 aliphatic rings. The molecular weight excluding hydrogens is 850 g/mol. The van der Waals surface area contributed by atoms with Gasteiger partial charge in [-0.05, 0) is 91.4 Å². The lowest BCUT2D eigenvalue weighted by Gasteiger charge is -2.32. The van der Waals surface area contributed by atoms with Crippen molar-refractivity contribution in [1.82, 2.24) is 15.1 Å². The maximum atomic E-state index is 14.7. The molecular formula is C50H58ClN5O9. The third kappa shape index (κ3) is 12.3.